The van der Waals surface area contributed by atoms with Crippen LogP contribution in [0.25, 0.3) is 0 Å². The van der Waals surface area contributed by atoms with Gasteiger partial charge in [0.25, 0.3) is 0 Å². The van der Waals surface area contributed by atoms with E-state index in [0.717, 1.165) is 10.0 Å². The molecule has 0 bridgehead atoms. The Labute approximate surface area is 127 Å². The van der Waals surface area contributed by atoms with E-state index in [2.05, 4.69) is 40.0 Å². The Kier molecular flexibility index (Phi) is 4.90. The van der Waals surface area contributed by atoms with Crippen molar-refractivity contribution in [3.05, 3.63) is 63.9 Å². The Balaban J connectivity index is 2.00. The summed E-state index contributed by atoms with van der Waals surface area (Å²) < 4.78 is 1.06. The van der Waals surface area contributed by atoms with Gasteiger partial charge in [-0.25, -0.2) is 0 Å². The van der Waals surface area contributed by atoms with Crippen LogP contribution in [0.1, 0.15) is 16.7 Å². The van der Waals surface area contributed by atoms with Gasteiger partial charge < -0.3 is 4.90 Å². The highest BCUT2D eigenvalue weighted by atomic mass is 79.9. The molecule has 0 saturated heterocycles. The molecule has 0 fully saturated rings. The Bertz CT molecular complexity index is 599. The quantitative estimate of drug-likeness (QED) is 0.860. The van der Waals surface area contributed by atoms with Crippen LogP contribution in [0.5, 0.6) is 0 Å². The van der Waals surface area contributed by atoms with E-state index in [1.54, 1.807) is 17.3 Å². The van der Waals surface area contributed by atoms with Crippen LogP contribution >= 0.6 is 15.9 Å². The second-order valence-electron chi connectivity index (χ2n) is 4.85. The molecule has 0 spiro atoms. The van der Waals surface area contributed by atoms with Crippen molar-refractivity contribution in [2.75, 3.05) is 7.05 Å². The minimum absolute atomic E-state index is 0.110. The monoisotopic (exact) mass is 332 g/mol. The van der Waals surface area contributed by atoms with Crippen molar-refractivity contribution < 1.29 is 4.79 Å². The lowest BCUT2D eigenvalue weighted by Crippen LogP contribution is -2.28. The lowest BCUT2D eigenvalue weighted by molar-refractivity contribution is -0.129. The number of carbonyl (C=O) groups is 1. The molecule has 2 aromatic rings. The van der Waals surface area contributed by atoms with Gasteiger partial charge in [-0.3, -0.25) is 9.78 Å². The van der Waals surface area contributed by atoms with Crippen molar-refractivity contribution in [1.82, 2.24) is 9.88 Å². The topological polar surface area (TPSA) is 33.2 Å². The first-order valence-corrected chi connectivity index (χ1v) is 7.23. The number of amides is 1. The molecule has 0 aliphatic heterocycles. The zero-order chi connectivity index (χ0) is 14.5. The zero-order valence-corrected chi connectivity index (χ0v) is 13.2. The predicted molar refractivity (Wildman–Crippen MR) is 83.3 cm³/mol. The molecule has 1 heterocycles. The Morgan fingerprint density at radius 3 is 2.60 bits per heavy atom. The van der Waals surface area contributed by atoms with E-state index in [1.165, 1.54) is 11.1 Å². The number of benzene rings is 1. The normalized spacial score (nSPS) is 10.3. The van der Waals surface area contributed by atoms with Crippen molar-refractivity contribution in [2.24, 2.45) is 0 Å². The van der Waals surface area contributed by atoms with E-state index < -0.39 is 0 Å². The number of pyridine rings is 1. The summed E-state index contributed by atoms with van der Waals surface area (Å²) in [7, 11) is 1.84. The lowest BCUT2D eigenvalue weighted by Gasteiger charge is -2.18. The number of carbonyl (C=O) groups excluding carboxylic acids is 1. The van der Waals surface area contributed by atoms with Crippen molar-refractivity contribution >= 4 is 21.8 Å². The molecule has 104 valence electrons. The van der Waals surface area contributed by atoms with Crippen LogP contribution in [-0.4, -0.2) is 22.8 Å². The van der Waals surface area contributed by atoms with E-state index in [1.807, 2.05) is 25.2 Å². The molecule has 0 aliphatic rings. The number of nitrogens with zero attached hydrogens (tertiary/aromatic N) is 2. The smallest absolute Gasteiger partial charge is 0.227 e. The minimum atomic E-state index is 0.110. The van der Waals surface area contributed by atoms with Crippen LogP contribution < -0.4 is 0 Å². The Morgan fingerprint density at radius 1 is 1.25 bits per heavy atom. The van der Waals surface area contributed by atoms with E-state index in [-0.39, 0.29) is 5.91 Å². The molecule has 3 nitrogen and oxygen atoms in total. The average molecular weight is 333 g/mol. The fraction of sp³-hybridized carbons (Fsp3) is 0.250. The predicted octanol–water partition coefficient (Wildman–Crippen LogP) is 3.35. The fourth-order valence-electron chi connectivity index (χ4n) is 1.99. The van der Waals surface area contributed by atoms with Crippen molar-refractivity contribution in [2.45, 2.75) is 19.9 Å². The zero-order valence-electron chi connectivity index (χ0n) is 11.6. The van der Waals surface area contributed by atoms with Gasteiger partial charge in [0, 0.05) is 30.5 Å². The molecule has 1 aromatic carbocycles. The van der Waals surface area contributed by atoms with E-state index >= 15 is 0 Å². The number of hydrogen-bond acceptors (Lipinski definition) is 2. The number of rotatable bonds is 4. The third-order valence-electron chi connectivity index (χ3n) is 3.24. The summed E-state index contributed by atoms with van der Waals surface area (Å²) in [5.74, 6) is 0.110. The first kappa shape index (κ1) is 14.7. The average Bonchev–Trinajstić information content (AvgIpc) is 2.43. The summed E-state index contributed by atoms with van der Waals surface area (Å²) in [4.78, 5) is 17.9. The third-order valence-corrected chi connectivity index (χ3v) is 3.74. The molecule has 2 rings (SSSR count). The van der Waals surface area contributed by atoms with Gasteiger partial charge in [-0.1, -0.05) is 22.0 Å². The van der Waals surface area contributed by atoms with Crippen LogP contribution in [0.4, 0.5) is 0 Å². The lowest BCUT2D eigenvalue weighted by atomic mass is 10.1. The fourth-order valence-corrected chi connectivity index (χ4v) is 2.47. The summed E-state index contributed by atoms with van der Waals surface area (Å²) in [6.07, 6.45) is 3.83. The molecular formula is C16H17BrN2O. The molecule has 0 atom stereocenters. The molecule has 1 amide bonds. The molecule has 0 aliphatic carbocycles. The van der Waals surface area contributed by atoms with Gasteiger partial charge in [0.05, 0.1) is 6.42 Å². The third kappa shape index (κ3) is 3.90. The molecule has 0 unspecified atom stereocenters. The van der Waals surface area contributed by atoms with E-state index in [0.29, 0.717) is 13.0 Å². The first-order valence-electron chi connectivity index (χ1n) is 6.44. The molecule has 0 radical (unpaired) electrons. The van der Waals surface area contributed by atoms with Crippen LogP contribution in [0.3, 0.4) is 0 Å². The Morgan fingerprint density at radius 2 is 1.95 bits per heavy atom. The number of aromatic nitrogens is 1. The maximum Gasteiger partial charge on any atom is 0.227 e. The van der Waals surface area contributed by atoms with Gasteiger partial charge in [0.15, 0.2) is 0 Å². The summed E-state index contributed by atoms with van der Waals surface area (Å²) in [5.41, 5.74) is 3.34. The number of likely N-dealkylation sites (N-methyl/N-ethyl adjacent to an activating group) is 1. The van der Waals surface area contributed by atoms with Gasteiger partial charge in [0.2, 0.25) is 5.91 Å². The van der Waals surface area contributed by atoms with Gasteiger partial charge in [-0.15, -0.1) is 0 Å². The van der Waals surface area contributed by atoms with Gasteiger partial charge in [-0.05, 0) is 47.9 Å². The number of hydrogen-bond donors (Lipinski definition) is 0. The molecule has 0 saturated carbocycles. The van der Waals surface area contributed by atoms with Gasteiger partial charge in [0.1, 0.15) is 0 Å². The summed E-state index contributed by atoms with van der Waals surface area (Å²) in [6, 6.07) is 9.86. The molecule has 1 aromatic heterocycles. The van der Waals surface area contributed by atoms with E-state index in [4.69, 9.17) is 0 Å². The molecular weight excluding hydrogens is 316 g/mol. The van der Waals surface area contributed by atoms with Crippen LogP contribution in [-0.2, 0) is 17.8 Å². The first-order chi connectivity index (χ1) is 9.56. The summed E-state index contributed by atoms with van der Waals surface area (Å²) >= 11 is 3.45. The highest BCUT2D eigenvalue weighted by Crippen LogP contribution is 2.17. The SMILES string of the molecule is Cc1cc(Br)ccc1CN(C)C(=O)Cc1ccncc1. The summed E-state index contributed by atoms with van der Waals surface area (Å²) in [5, 5.41) is 0. The van der Waals surface area contributed by atoms with Crippen molar-refractivity contribution in [3.8, 4) is 0 Å². The maximum atomic E-state index is 12.2. The largest absolute Gasteiger partial charge is 0.341 e. The molecule has 4 heteroatoms. The Hall–Kier alpha value is -1.68. The number of halogens is 1. The second kappa shape index (κ2) is 6.66. The van der Waals surface area contributed by atoms with Gasteiger partial charge in [-0.2, -0.15) is 0 Å². The minimum Gasteiger partial charge on any atom is -0.341 e. The summed E-state index contributed by atoms with van der Waals surface area (Å²) in [6.45, 7) is 2.68. The number of aryl methyl sites for hydroxylation is 1. The van der Waals surface area contributed by atoms with E-state index in [9.17, 15) is 4.79 Å². The van der Waals surface area contributed by atoms with Gasteiger partial charge >= 0.3 is 0 Å². The highest BCUT2D eigenvalue weighted by molar-refractivity contribution is 9.10. The van der Waals surface area contributed by atoms with Crippen LogP contribution in [0.2, 0.25) is 0 Å². The molecule has 20 heavy (non-hydrogen) atoms. The van der Waals surface area contributed by atoms with Crippen LogP contribution in [0, 0.1) is 6.92 Å². The molecule has 0 N–H and O–H groups in total. The second-order valence-corrected chi connectivity index (χ2v) is 5.77. The van der Waals surface area contributed by atoms with Crippen molar-refractivity contribution in [1.29, 1.82) is 0 Å². The maximum absolute atomic E-state index is 12.2. The van der Waals surface area contributed by atoms with Crippen LogP contribution in [0.15, 0.2) is 47.2 Å². The highest BCUT2D eigenvalue weighted by Gasteiger charge is 2.11. The van der Waals surface area contributed by atoms with Crippen molar-refractivity contribution in [3.63, 3.8) is 0 Å². The standard InChI is InChI=1S/C16H17BrN2O/c1-12-9-15(17)4-3-14(12)11-19(2)16(20)10-13-5-7-18-8-6-13/h3-9H,10-11H2,1-2H3.